The van der Waals surface area contributed by atoms with Gasteiger partial charge in [0.1, 0.15) is 5.75 Å². The van der Waals surface area contributed by atoms with Crippen LogP contribution in [0.3, 0.4) is 0 Å². The van der Waals surface area contributed by atoms with E-state index in [-0.39, 0.29) is 0 Å². The molecule has 1 nitrogen and oxygen atoms in total. The fourth-order valence-electron chi connectivity index (χ4n) is 0.887. The van der Waals surface area contributed by atoms with Crippen molar-refractivity contribution in [2.24, 2.45) is 0 Å². The number of para-hydroxylation sites is 1. The zero-order chi connectivity index (χ0) is 8.27. The summed E-state index contributed by atoms with van der Waals surface area (Å²) in [6, 6.07) is 5.80. The zero-order valence-electron chi connectivity index (χ0n) is 6.10. The Labute approximate surface area is 79.4 Å². The number of rotatable bonds is 2. The van der Waals surface area contributed by atoms with E-state index in [0.717, 1.165) is 15.8 Å². The molecule has 0 fully saturated rings. The van der Waals surface area contributed by atoms with E-state index in [4.69, 9.17) is 16.3 Å². The second-order valence-electron chi connectivity index (χ2n) is 2.07. The summed E-state index contributed by atoms with van der Waals surface area (Å²) in [6.45, 7) is 0. The molecule has 0 N–H and O–H groups in total. The molecule has 0 amide bonds. The average molecular weight is 236 g/mol. The Hall–Kier alpha value is -0.210. The van der Waals surface area contributed by atoms with Crippen LogP contribution in [0.2, 0.25) is 0 Å². The van der Waals surface area contributed by atoms with Gasteiger partial charge in [-0.1, -0.05) is 12.1 Å². The molecule has 0 bridgehead atoms. The molecular weight excluding hydrogens is 227 g/mol. The maximum Gasteiger partial charge on any atom is 0.137 e. The predicted molar refractivity (Wildman–Crippen MR) is 50.3 cm³/mol. The minimum Gasteiger partial charge on any atom is -0.495 e. The van der Waals surface area contributed by atoms with E-state index >= 15 is 0 Å². The van der Waals surface area contributed by atoms with E-state index in [1.165, 1.54) is 0 Å². The average Bonchev–Trinajstić information content (AvgIpc) is 2.04. The van der Waals surface area contributed by atoms with E-state index in [9.17, 15) is 0 Å². The van der Waals surface area contributed by atoms with Gasteiger partial charge in [-0.25, -0.2) is 0 Å². The molecular formula is C8H8BrClO. The van der Waals surface area contributed by atoms with Crippen LogP contribution in [0.5, 0.6) is 5.75 Å². The van der Waals surface area contributed by atoms with Crippen molar-refractivity contribution < 1.29 is 4.74 Å². The fourth-order valence-corrected chi connectivity index (χ4v) is 1.67. The van der Waals surface area contributed by atoms with Crippen molar-refractivity contribution in [3.05, 3.63) is 28.2 Å². The maximum atomic E-state index is 5.68. The minimum absolute atomic E-state index is 0.475. The lowest BCUT2D eigenvalue weighted by Crippen LogP contribution is -1.89. The van der Waals surface area contributed by atoms with E-state index < -0.39 is 0 Å². The van der Waals surface area contributed by atoms with E-state index in [1.807, 2.05) is 18.2 Å². The van der Waals surface area contributed by atoms with Gasteiger partial charge in [0.15, 0.2) is 0 Å². The van der Waals surface area contributed by atoms with Gasteiger partial charge < -0.3 is 4.74 Å². The lowest BCUT2D eigenvalue weighted by atomic mass is 10.2. The highest BCUT2D eigenvalue weighted by Crippen LogP contribution is 2.29. The second kappa shape index (κ2) is 3.98. The lowest BCUT2D eigenvalue weighted by Gasteiger charge is -2.06. The largest absolute Gasteiger partial charge is 0.495 e. The van der Waals surface area contributed by atoms with Crippen LogP contribution >= 0.6 is 27.5 Å². The fraction of sp³-hybridized carbons (Fsp3) is 0.250. The van der Waals surface area contributed by atoms with E-state index in [1.54, 1.807) is 7.11 Å². The van der Waals surface area contributed by atoms with Gasteiger partial charge in [0.25, 0.3) is 0 Å². The van der Waals surface area contributed by atoms with Gasteiger partial charge in [-0.15, -0.1) is 11.6 Å². The first-order chi connectivity index (χ1) is 5.29. The molecule has 1 aromatic rings. The first-order valence-corrected chi connectivity index (χ1v) is 4.49. The highest BCUT2D eigenvalue weighted by Gasteiger charge is 2.03. The van der Waals surface area contributed by atoms with Crippen LogP contribution in [0.4, 0.5) is 0 Å². The number of hydrogen-bond acceptors (Lipinski definition) is 1. The number of alkyl halides is 1. The Morgan fingerprint density at radius 2 is 2.27 bits per heavy atom. The normalized spacial score (nSPS) is 9.73. The molecule has 0 aliphatic rings. The highest BCUT2D eigenvalue weighted by molar-refractivity contribution is 9.10. The van der Waals surface area contributed by atoms with Crippen LogP contribution < -0.4 is 4.74 Å². The third-order valence-corrected chi connectivity index (χ3v) is 2.31. The molecule has 0 radical (unpaired) electrons. The van der Waals surface area contributed by atoms with Crippen LogP contribution in [0.15, 0.2) is 22.7 Å². The van der Waals surface area contributed by atoms with Crippen LogP contribution in [0.1, 0.15) is 5.56 Å². The van der Waals surface area contributed by atoms with Crippen molar-refractivity contribution in [1.82, 2.24) is 0 Å². The topological polar surface area (TPSA) is 9.23 Å². The monoisotopic (exact) mass is 234 g/mol. The number of hydrogen-bond donors (Lipinski definition) is 0. The van der Waals surface area contributed by atoms with Crippen molar-refractivity contribution >= 4 is 27.5 Å². The quantitative estimate of drug-likeness (QED) is 0.715. The lowest BCUT2D eigenvalue weighted by molar-refractivity contribution is 0.408. The summed E-state index contributed by atoms with van der Waals surface area (Å²) in [6.07, 6.45) is 0. The second-order valence-corrected chi connectivity index (χ2v) is 3.19. The van der Waals surface area contributed by atoms with Gasteiger partial charge in [-0.3, -0.25) is 0 Å². The Bertz CT molecular complexity index is 250. The molecule has 0 aromatic heterocycles. The smallest absolute Gasteiger partial charge is 0.137 e. The summed E-state index contributed by atoms with van der Waals surface area (Å²) in [7, 11) is 1.64. The zero-order valence-corrected chi connectivity index (χ0v) is 8.45. The standard InChI is InChI=1S/C8H8BrClO/c1-11-8-6(5-10)3-2-4-7(8)9/h2-4H,5H2,1H3. The number of halogens is 2. The Balaban J connectivity index is 3.13. The summed E-state index contributed by atoms with van der Waals surface area (Å²) in [5.41, 5.74) is 1.00. The van der Waals surface area contributed by atoms with Crippen LogP contribution in [-0.4, -0.2) is 7.11 Å². The molecule has 1 rings (SSSR count). The van der Waals surface area contributed by atoms with Gasteiger partial charge in [-0.05, 0) is 22.0 Å². The van der Waals surface area contributed by atoms with Gasteiger partial charge in [0, 0.05) is 5.56 Å². The molecule has 0 saturated heterocycles. The minimum atomic E-state index is 0.475. The Morgan fingerprint density at radius 1 is 1.55 bits per heavy atom. The third-order valence-electron chi connectivity index (χ3n) is 1.40. The third kappa shape index (κ3) is 1.88. The van der Waals surface area contributed by atoms with Crippen molar-refractivity contribution in [2.75, 3.05) is 7.11 Å². The van der Waals surface area contributed by atoms with Crippen LogP contribution in [-0.2, 0) is 5.88 Å². The predicted octanol–water partition coefficient (Wildman–Crippen LogP) is 3.20. The number of benzene rings is 1. The Kier molecular flexibility index (Phi) is 3.21. The maximum absolute atomic E-state index is 5.68. The number of methoxy groups -OCH3 is 1. The number of ether oxygens (including phenoxy) is 1. The molecule has 0 aliphatic carbocycles. The molecule has 0 saturated carbocycles. The first-order valence-electron chi connectivity index (χ1n) is 3.17. The van der Waals surface area contributed by atoms with Crippen molar-refractivity contribution in [3.63, 3.8) is 0 Å². The van der Waals surface area contributed by atoms with Crippen molar-refractivity contribution in [2.45, 2.75) is 5.88 Å². The summed E-state index contributed by atoms with van der Waals surface area (Å²) in [5.74, 6) is 1.30. The SMILES string of the molecule is COc1c(Br)cccc1CCl. The Morgan fingerprint density at radius 3 is 2.73 bits per heavy atom. The molecule has 1 aromatic carbocycles. The molecule has 0 aliphatic heterocycles. The van der Waals surface area contributed by atoms with Crippen molar-refractivity contribution in [3.8, 4) is 5.75 Å². The molecule has 3 heteroatoms. The summed E-state index contributed by atoms with van der Waals surface area (Å²) < 4.78 is 6.08. The van der Waals surface area contributed by atoms with Gasteiger partial charge in [0.2, 0.25) is 0 Å². The molecule has 11 heavy (non-hydrogen) atoms. The molecule has 0 atom stereocenters. The van der Waals surface area contributed by atoms with Crippen LogP contribution in [0, 0.1) is 0 Å². The van der Waals surface area contributed by atoms with Crippen LogP contribution in [0.25, 0.3) is 0 Å². The molecule has 60 valence electrons. The summed E-state index contributed by atoms with van der Waals surface area (Å²) in [4.78, 5) is 0. The summed E-state index contributed by atoms with van der Waals surface area (Å²) in [5, 5.41) is 0. The summed E-state index contributed by atoms with van der Waals surface area (Å²) >= 11 is 9.05. The van der Waals surface area contributed by atoms with E-state index in [2.05, 4.69) is 15.9 Å². The molecule has 0 spiro atoms. The highest BCUT2D eigenvalue weighted by atomic mass is 79.9. The molecule has 0 unspecified atom stereocenters. The van der Waals surface area contributed by atoms with Gasteiger partial charge in [-0.2, -0.15) is 0 Å². The van der Waals surface area contributed by atoms with Gasteiger partial charge in [0.05, 0.1) is 17.5 Å². The molecule has 0 heterocycles. The first kappa shape index (κ1) is 8.88. The van der Waals surface area contributed by atoms with E-state index in [0.29, 0.717) is 5.88 Å². The van der Waals surface area contributed by atoms with Crippen molar-refractivity contribution in [1.29, 1.82) is 0 Å². The van der Waals surface area contributed by atoms with Gasteiger partial charge >= 0.3 is 0 Å².